The molecule has 1 aliphatic carbocycles. The summed E-state index contributed by atoms with van der Waals surface area (Å²) in [6.45, 7) is 2.34. The van der Waals surface area contributed by atoms with Crippen molar-refractivity contribution in [3.8, 4) is 11.1 Å². The van der Waals surface area contributed by atoms with Crippen molar-refractivity contribution in [2.45, 2.75) is 82.1 Å². The third kappa shape index (κ3) is 5.63. The first kappa shape index (κ1) is 22.6. The Labute approximate surface area is 186 Å². The van der Waals surface area contributed by atoms with Crippen LogP contribution in [0.4, 0.5) is 13.2 Å². The van der Waals surface area contributed by atoms with E-state index >= 15 is 0 Å². The summed E-state index contributed by atoms with van der Waals surface area (Å²) in [5.41, 5.74) is 2.63. The van der Waals surface area contributed by atoms with Gasteiger partial charge >= 0.3 is 6.18 Å². The Morgan fingerprint density at radius 1 is 0.742 bits per heavy atom. The summed E-state index contributed by atoms with van der Waals surface area (Å²) in [6, 6.07) is 18.7. The van der Waals surface area contributed by atoms with Crippen molar-refractivity contribution in [1.82, 2.24) is 0 Å². The highest BCUT2D eigenvalue weighted by Crippen LogP contribution is 2.44. The molecule has 0 aromatic heterocycles. The molecule has 31 heavy (non-hydrogen) atoms. The van der Waals surface area contributed by atoms with Crippen LogP contribution in [0.15, 0.2) is 48.5 Å². The molecule has 1 aliphatic heterocycles. The van der Waals surface area contributed by atoms with Gasteiger partial charge in [0.25, 0.3) is 0 Å². The molecule has 4 heteroatoms. The zero-order chi connectivity index (χ0) is 21.8. The average molecular weight is 445 g/mol. The SMILES string of the molecule is CCC[SiH]1CCC([C@H]2CC[C@H](c3ccc(-c4ccc(C(F)(F)F)cc4)cc3)CC2)CC1. The van der Waals surface area contributed by atoms with Crippen molar-refractivity contribution >= 4 is 8.80 Å². The normalized spacial score (nSPS) is 27.2. The van der Waals surface area contributed by atoms with Gasteiger partial charge in [0.1, 0.15) is 0 Å². The minimum atomic E-state index is -4.28. The lowest BCUT2D eigenvalue weighted by molar-refractivity contribution is -0.137. The fraction of sp³-hybridized carbons (Fsp3) is 0.556. The molecule has 2 aromatic rings. The summed E-state index contributed by atoms with van der Waals surface area (Å²) in [5, 5.41) is 0. The monoisotopic (exact) mass is 444 g/mol. The van der Waals surface area contributed by atoms with Gasteiger partial charge in [0.05, 0.1) is 5.56 Å². The number of alkyl halides is 3. The molecule has 0 nitrogen and oxygen atoms in total. The minimum Gasteiger partial charge on any atom is -0.166 e. The molecule has 0 amide bonds. The maximum absolute atomic E-state index is 12.8. The van der Waals surface area contributed by atoms with E-state index in [4.69, 9.17) is 0 Å². The first-order valence-electron chi connectivity index (χ1n) is 12.2. The van der Waals surface area contributed by atoms with Crippen molar-refractivity contribution in [3.05, 3.63) is 59.7 Å². The molecule has 0 bridgehead atoms. The molecule has 0 unspecified atom stereocenters. The maximum Gasteiger partial charge on any atom is 0.416 e. The number of hydrogen-bond donors (Lipinski definition) is 0. The van der Waals surface area contributed by atoms with Crippen LogP contribution in [0.1, 0.15) is 68.9 Å². The average Bonchev–Trinajstić information content (AvgIpc) is 2.80. The zero-order valence-corrected chi connectivity index (χ0v) is 19.8. The second-order valence-electron chi connectivity index (χ2n) is 9.88. The molecular formula is C27H35F3Si. The maximum atomic E-state index is 12.8. The molecule has 1 heterocycles. The predicted octanol–water partition coefficient (Wildman–Crippen LogP) is 8.69. The van der Waals surface area contributed by atoms with Gasteiger partial charge in [-0.1, -0.05) is 80.7 Å². The Bertz CT molecular complexity index is 809. The van der Waals surface area contributed by atoms with Gasteiger partial charge in [-0.3, -0.25) is 0 Å². The van der Waals surface area contributed by atoms with E-state index in [1.165, 1.54) is 62.6 Å². The molecule has 168 valence electrons. The van der Waals surface area contributed by atoms with Gasteiger partial charge in [-0.25, -0.2) is 0 Å². The van der Waals surface area contributed by atoms with E-state index in [2.05, 4.69) is 31.2 Å². The van der Waals surface area contributed by atoms with Crippen LogP contribution in [0.5, 0.6) is 0 Å². The van der Waals surface area contributed by atoms with Crippen LogP contribution in [0.25, 0.3) is 11.1 Å². The fourth-order valence-corrected chi connectivity index (χ4v) is 9.56. The van der Waals surface area contributed by atoms with Crippen LogP contribution < -0.4 is 0 Å². The van der Waals surface area contributed by atoms with Crippen molar-refractivity contribution in [2.24, 2.45) is 11.8 Å². The lowest BCUT2D eigenvalue weighted by Gasteiger charge is -2.37. The van der Waals surface area contributed by atoms with Gasteiger partial charge in [0.15, 0.2) is 0 Å². The molecule has 1 saturated carbocycles. The zero-order valence-electron chi connectivity index (χ0n) is 18.6. The molecule has 2 fully saturated rings. The van der Waals surface area contributed by atoms with Gasteiger partial charge in [0, 0.05) is 8.80 Å². The van der Waals surface area contributed by atoms with Crippen LogP contribution in [-0.4, -0.2) is 8.80 Å². The first-order valence-corrected chi connectivity index (χ1v) is 14.7. The summed E-state index contributed by atoms with van der Waals surface area (Å²) < 4.78 is 38.3. The molecule has 0 N–H and O–H groups in total. The second-order valence-corrected chi connectivity index (χ2v) is 13.3. The minimum absolute atomic E-state index is 0.379. The lowest BCUT2D eigenvalue weighted by atomic mass is 9.72. The molecule has 4 rings (SSSR count). The van der Waals surface area contributed by atoms with Gasteiger partial charge in [-0.15, -0.1) is 0 Å². The first-order chi connectivity index (χ1) is 14.9. The third-order valence-electron chi connectivity index (χ3n) is 7.95. The molecule has 0 spiro atoms. The van der Waals surface area contributed by atoms with E-state index in [1.807, 2.05) is 0 Å². The molecule has 1 saturated heterocycles. The standard InChI is InChI=1S/C27H35F3Si/c1-2-17-31-18-15-25(16-19-31)23-9-7-21(8-10-23)20-3-5-22(6-4-20)24-11-13-26(14-12-24)27(28,29)30/h3-6,11-14,21,23,25,31H,2,7-10,15-19H2,1H3/t21-,23-,25?,31?. The highest BCUT2D eigenvalue weighted by molar-refractivity contribution is 6.58. The Hall–Kier alpha value is -1.55. The van der Waals surface area contributed by atoms with Crippen molar-refractivity contribution in [3.63, 3.8) is 0 Å². The Morgan fingerprint density at radius 3 is 1.77 bits per heavy atom. The summed E-state index contributed by atoms with van der Waals surface area (Å²) >= 11 is 0. The van der Waals surface area contributed by atoms with E-state index in [0.717, 1.165) is 23.0 Å². The summed E-state index contributed by atoms with van der Waals surface area (Å²) in [4.78, 5) is 0. The van der Waals surface area contributed by atoms with Crippen LogP contribution >= 0.6 is 0 Å². The Morgan fingerprint density at radius 2 is 1.26 bits per heavy atom. The van der Waals surface area contributed by atoms with Crippen LogP contribution in [0.3, 0.4) is 0 Å². The fourth-order valence-electron chi connectivity index (χ4n) is 6.08. The highest BCUT2D eigenvalue weighted by Gasteiger charge is 2.32. The number of rotatable bonds is 5. The van der Waals surface area contributed by atoms with E-state index < -0.39 is 11.7 Å². The van der Waals surface area contributed by atoms with Gasteiger partial charge in [-0.2, -0.15) is 13.2 Å². The second kappa shape index (κ2) is 9.93. The molecule has 2 aliphatic rings. The molecule has 0 radical (unpaired) electrons. The van der Waals surface area contributed by atoms with E-state index in [9.17, 15) is 13.2 Å². The largest absolute Gasteiger partial charge is 0.416 e. The summed E-state index contributed by atoms with van der Waals surface area (Å²) in [5.74, 6) is 2.58. The molecule has 0 atom stereocenters. The van der Waals surface area contributed by atoms with Crippen LogP contribution in [0.2, 0.25) is 18.1 Å². The number of benzene rings is 2. The summed E-state index contributed by atoms with van der Waals surface area (Å²) in [6.07, 6.45) is 5.45. The van der Waals surface area contributed by atoms with Gasteiger partial charge in [0.2, 0.25) is 0 Å². The summed E-state index contributed by atoms with van der Waals surface area (Å²) in [7, 11) is -0.379. The molecular weight excluding hydrogens is 409 g/mol. The quantitative estimate of drug-likeness (QED) is 0.405. The Balaban J connectivity index is 1.30. The highest BCUT2D eigenvalue weighted by atomic mass is 28.3. The van der Waals surface area contributed by atoms with Crippen LogP contribution in [-0.2, 0) is 6.18 Å². The Kier molecular flexibility index (Phi) is 7.25. The third-order valence-corrected chi connectivity index (χ3v) is 11.6. The smallest absolute Gasteiger partial charge is 0.166 e. The number of hydrogen-bond acceptors (Lipinski definition) is 0. The van der Waals surface area contributed by atoms with Crippen molar-refractivity contribution in [1.29, 1.82) is 0 Å². The predicted molar refractivity (Wildman–Crippen MR) is 126 cm³/mol. The topological polar surface area (TPSA) is 0 Å². The molecule has 2 aromatic carbocycles. The number of halogens is 3. The lowest BCUT2D eigenvalue weighted by Crippen LogP contribution is -2.28. The van der Waals surface area contributed by atoms with Crippen LogP contribution in [0, 0.1) is 11.8 Å². The van der Waals surface area contributed by atoms with Crippen molar-refractivity contribution in [2.75, 3.05) is 0 Å². The van der Waals surface area contributed by atoms with Gasteiger partial charge in [-0.05, 0) is 72.3 Å². The van der Waals surface area contributed by atoms with E-state index in [-0.39, 0.29) is 8.80 Å². The van der Waals surface area contributed by atoms with Crippen molar-refractivity contribution < 1.29 is 13.2 Å². The van der Waals surface area contributed by atoms with Gasteiger partial charge < -0.3 is 0 Å². The van der Waals surface area contributed by atoms with E-state index in [1.54, 1.807) is 30.3 Å². The van der Waals surface area contributed by atoms with E-state index in [0.29, 0.717) is 5.92 Å².